The van der Waals surface area contributed by atoms with Crippen LogP contribution in [0.15, 0.2) is 24.3 Å². The third-order valence-electron chi connectivity index (χ3n) is 4.50. The molecule has 0 spiro atoms. The number of nitrogens with one attached hydrogen (secondary N) is 1. The fourth-order valence-corrected chi connectivity index (χ4v) is 3.05. The number of carbonyl (C=O) groups is 1. The molecule has 1 fully saturated rings. The van der Waals surface area contributed by atoms with Crippen molar-refractivity contribution in [1.82, 2.24) is 5.32 Å². The first-order valence-corrected chi connectivity index (χ1v) is 7.83. The van der Waals surface area contributed by atoms with Gasteiger partial charge in [-0.15, -0.1) is 0 Å². The molecule has 2 aliphatic rings. The van der Waals surface area contributed by atoms with Crippen molar-refractivity contribution >= 4 is 5.97 Å². The van der Waals surface area contributed by atoms with Crippen molar-refractivity contribution in [2.45, 2.75) is 32.2 Å². The van der Waals surface area contributed by atoms with Crippen molar-refractivity contribution in [3.8, 4) is 5.75 Å². The van der Waals surface area contributed by atoms with Crippen LogP contribution in [0.4, 0.5) is 0 Å². The van der Waals surface area contributed by atoms with Crippen molar-refractivity contribution in [3.05, 3.63) is 29.8 Å². The zero-order valence-corrected chi connectivity index (χ0v) is 12.7. The Balaban J connectivity index is 2.00. The van der Waals surface area contributed by atoms with Gasteiger partial charge in [-0.25, -0.2) is 4.79 Å². The van der Waals surface area contributed by atoms with E-state index in [0.29, 0.717) is 19.1 Å². The number of ether oxygens (including phenoxy) is 2. The van der Waals surface area contributed by atoms with Gasteiger partial charge in [0.1, 0.15) is 5.75 Å². The van der Waals surface area contributed by atoms with E-state index in [4.69, 9.17) is 9.47 Å². The van der Waals surface area contributed by atoms with Gasteiger partial charge in [0.25, 0.3) is 0 Å². The molecule has 0 bridgehead atoms. The van der Waals surface area contributed by atoms with E-state index in [0.717, 1.165) is 17.9 Å². The van der Waals surface area contributed by atoms with Crippen LogP contribution in [0.5, 0.6) is 5.75 Å². The van der Waals surface area contributed by atoms with E-state index in [2.05, 4.69) is 5.32 Å². The Bertz CT molecular complexity index is 527. The van der Waals surface area contributed by atoms with Crippen LogP contribution in [0, 0.1) is 11.8 Å². The molecule has 1 aromatic carbocycles. The number of carbonyl (C=O) groups excluding carboxylic acids is 1. The average Bonchev–Trinajstić information content (AvgIpc) is 3.31. The van der Waals surface area contributed by atoms with Crippen LogP contribution >= 0.6 is 0 Å². The Morgan fingerprint density at radius 2 is 2.19 bits per heavy atom. The highest BCUT2D eigenvalue weighted by Crippen LogP contribution is 2.42. The molecule has 21 heavy (non-hydrogen) atoms. The zero-order valence-electron chi connectivity index (χ0n) is 12.7. The topological polar surface area (TPSA) is 47.6 Å². The fraction of sp³-hybridized carbons (Fsp3) is 0.588. The second-order valence-electron chi connectivity index (χ2n) is 6.06. The van der Waals surface area contributed by atoms with Crippen LogP contribution in [-0.2, 0) is 15.1 Å². The van der Waals surface area contributed by atoms with Crippen molar-refractivity contribution in [3.63, 3.8) is 0 Å². The molecule has 1 aliphatic carbocycles. The SMILES string of the molecule is CCOC(=O)C1(NCC2CC2)c2ccccc2OCC1C. The summed E-state index contributed by atoms with van der Waals surface area (Å²) in [4.78, 5) is 12.8. The standard InChI is InChI=1S/C17H23NO3/c1-3-20-16(19)17(18-10-13-8-9-13)12(2)11-21-15-7-5-4-6-14(15)17/h4-7,12-13,18H,3,8-11H2,1-2H3. The number of benzene rings is 1. The van der Waals surface area contributed by atoms with Crippen LogP contribution in [-0.4, -0.2) is 25.7 Å². The molecule has 1 N–H and O–H groups in total. The van der Waals surface area contributed by atoms with E-state index in [1.165, 1.54) is 12.8 Å². The summed E-state index contributed by atoms with van der Waals surface area (Å²) < 4.78 is 11.2. The monoisotopic (exact) mass is 289 g/mol. The lowest BCUT2D eigenvalue weighted by molar-refractivity contribution is -0.156. The highest BCUT2D eigenvalue weighted by atomic mass is 16.5. The summed E-state index contributed by atoms with van der Waals surface area (Å²) in [5, 5.41) is 3.53. The minimum atomic E-state index is -0.784. The van der Waals surface area contributed by atoms with Gasteiger partial charge >= 0.3 is 5.97 Å². The maximum atomic E-state index is 12.8. The Kier molecular flexibility index (Phi) is 3.89. The normalized spacial score (nSPS) is 27.6. The van der Waals surface area contributed by atoms with Crippen LogP contribution in [0.1, 0.15) is 32.3 Å². The number of hydrogen-bond acceptors (Lipinski definition) is 4. The number of rotatable bonds is 5. The van der Waals surface area contributed by atoms with Crippen molar-refractivity contribution in [1.29, 1.82) is 0 Å². The molecule has 0 saturated heterocycles. The molecule has 0 radical (unpaired) electrons. The first-order chi connectivity index (χ1) is 10.2. The third-order valence-corrected chi connectivity index (χ3v) is 4.50. The number of para-hydroxylation sites is 1. The quantitative estimate of drug-likeness (QED) is 0.846. The van der Waals surface area contributed by atoms with Crippen LogP contribution < -0.4 is 10.1 Å². The Morgan fingerprint density at radius 1 is 1.43 bits per heavy atom. The van der Waals surface area contributed by atoms with Gasteiger partial charge in [0, 0.05) is 11.5 Å². The van der Waals surface area contributed by atoms with Gasteiger partial charge < -0.3 is 9.47 Å². The average molecular weight is 289 g/mol. The molecule has 0 amide bonds. The van der Waals surface area contributed by atoms with Gasteiger partial charge in [-0.3, -0.25) is 5.32 Å². The molecule has 1 aromatic rings. The van der Waals surface area contributed by atoms with E-state index in [1.54, 1.807) is 0 Å². The van der Waals surface area contributed by atoms with Gasteiger partial charge in [-0.2, -0.15) is 0 Å². The van der Waals surface area contributed by atoms with Crippen molar-refractivity contribution < 1.29 is 14.3 Å². The Labute approximate surface area is 125 Å². The largest absolute Gasteiger partial charge is 0.493 e. The summed E-state index contributed by atoms with van der Waals surface area (Å²) in [7, 11) is 0. The van der Waals surface area contributed by atoms with E-state index in [1.807, 2.05) is 38.1 Å². The third kappa shape index (κ3) is 2.53. The molecule has 2 unspecified atom stereocenters. The van der Waals surface area contributed by atoms with E-state index in [9.17, 15) is 4.79 Å². The van der Waals surface area contributed by atoms with Crippen LogP contribution in [0.3, 0.4) is 0 Å². The Hall–Kier alpha value is -1.55. The number of hydrogen-bond donors (Lipinski definition) is 1. The predicted octanol–water partition coefficient (Wildman–Crippen LogP) is 2.47. The zero-order chi connectivity index (χ0) is 14.9. The van der Waals surface area contributed by atoms with Crippen molar-refractivity contribution in [2.24, 2.45) is 11.8 Å². The molecule has 4 heteroatoms. The molecule has 0 aromatic heterocycles. The van der Waals surface area contributed by atoms with Crippen LogP contribution in [0.2, 0.25) is 0 Å². The summed E-state index contributed by atoms with van der Waals surface area (Å²) in [5.74, 6) is 1.32. The van der Waals surface area contributed by atoms with E-state index < -0.39 is 5.54 Å². The maximum Gasteiger partial charge on any atom is 0.331 e. The first-order valence-electron chi connectivity index (χ1n) is 7.83. The molecule has 3 rings (SSSR count). The maximum absolute atomic E-state index is 12.8. The Morgan fingerprint density at radius 3 is 2.90 bits per heavy atom. The van der Waals surface area contributed by atoms with Gasteiger partial charge in [0.2, 0.25) is 0 Å². The van der Waals surface area contributed by atoms with E-state index >= 15 is 0 Å². The number of fused-ring (bicyclic) bond motifs is 1. The second-order valence-corrected chi connectivity index (χ2v) is 6.06. The first kappa shape index (κ1) is 14.4. The lowest BCUT2D eigenvalue weighted by Crippen LogP contribution is -2.58. The summed E-state index contributed by atoms with van der Waals surface area (Å²) in [6.45, 7) is 5.67. The highest BCUT2D eigenvalue weighted by Gasteiger charge is 2.51. The molecular weight excluding hydrogens is 266 g/mol. The second kappa shape index (κ2) is 5.68. The smallest absolute Gasteiger partial charge is 0.331 e. The molecule has 2 atom stereocenters. The lowest BCUT2D eigenvalue weighted by Gasteiger charge is -2.42. The molecule has 1 heterocycles. The minimum absolute atomic E-state index is 0.0326. The molecule has 1 saturated carbocycles. The predicted molar refractivity (Wildman–Crippen MR) is 80.1 cm³/mol. The molecule has 4 nitrogen and oxygen atoms in total. The van der Waals surface area contributed by atoms with Gasteiger partial charge in [0.15, 0.2) is 5.54 Å². The lowest BCUT2D eigenvalue weighted by atomic mass is 9.77. The van der Waals surface area contributed by atoms with Crippen LogP contribution in [0.25, 0.3) is 0 Å². The summed E-state index contributed by atoms with van der Waals surface area (Å²) in [5.41, 5.74) is 0.121. The van der Waals surface area contributed by atoms with Gasteiger partial charge in [0.05, 0.1) is 13.2 Å². The molecule has 114 valence electrons. The molecule has 1 aliphatic heterocycles. The fourth-order valence-electron chi connectivity index (χ4n) is 3.05. The van der Waals surface area contributed by atoms with Crippen molar-refractivity contribution in [2.75, 3.05) is 19.8 Å². The number of esters is 1. The summed E-state index contributed by atoms with van der Waals surface area (Å²) in [6.07, 6.45) is 2.50. The summed E-state index contributed by atoms with van der Waals surface area (Å²) >= 11 is 0. The van der Waals surface area contributed by atoms with Gasteiger partial charge in [-0.05, 0) is 38.3 Å². The van der Waals surface area contributed by atoms with Gasteiger partial charge in [-0.1, -0.05) is 25.1 Å². The highest BCUT2D eigenvalue weighted by molar-refractivity contribution is 5.84. The minimum Gasteiger partial charge on any atom is -0.493 e. The van der Waals surface area contributed by atoms with E-state index in [-0.39, 0.29) is 11.9 Å². The molecular formula is C17H23NO3. The summed E-state index contributed by atoms with van der Waals surface area (Å²) in [6, 6.07) is 7.79.